The first-order chi connectivity index (χ1) is 13.1. The van der Waals surface area contributed by atoms with E-state index in [9.17, 15) is 0 Å². The van der Waals surface area contributed by atoms with E-state index in [0.29, 0.717) is 13.2 Å². The summed E-state index contributed by atoms with van der Waals surface area (Å²) >= 11 is 1.65. The van der Waals surface area contributed by atoms with Gasteiger partial charge in [0, 0.05) is 32.6 Å². The van der Waals surface area contributed by atoms with Crippen LogP contribution in [0, 0.1) is 6.92 Å². The number of hydrogen-bond donors (Lipinski definition) is 1. The summed E-state index contributed by atoms with van der Waals surface area (Å²) in [6.07, 6.45) is 0.0726. The molecule has 1 fully saturated rings. The normalized spacial score (nSPS) is 17.9. The van der Waals surface area contributed by atoms with Gasteiger partial charge in [0.15, 0.2) is 11.1 Å². The second kappa shape index (κ2) is 9.19. The molecule has 1 aromatic heterocycles. The molecule has 0 radical (unpaired) electrons. The van der Waals surface area contributed by atoms with Gasteiger partial charge in [0.25, 0.3) is 0 Å². The number of aromatic nitrogens is 1. The molecule has 2 heterocycles. The van der Waals surface area contributed by atoms with Crippen LogP contribution in [0.25, 0.3) is 0 Å². The molecule has 0 bridgehead atoms. The molecular formula is C20H29N5OS. The minimum atomic E-state index is 0.0726. The summed E-state index contributed by atoms with van der Waals surface area (Å²) in [5, 5.41) is 6.52. The van der Waals surface area contributed by atoms with Gasteiger partial charge in [-0.3, -0.25) is 0 Å². The van der Waals surface area contributed by atoms with Crippen molar-refractivity contribution in [3.8, 4) is 0 Å². The summed E-state index contributed by atoms with van der Waals surface area (Å²) in [6.45, 7) is 8.00. The Morgan fingerprint density at radius 2 is 2.22 bits per heavy atom. The van der Waals surface area contributed by atoms with Crippen molar-refractivity contribution in [2.75, 3.05) is 45.2 Å². The number of benzene rings is 1. The lowest BCUT2D eigenvalue weighted by Gasteiger charge is -2.35. The van der Waals surface area contributed by atoms with Crippen LogP contribution in [0.15, 0.2) is 34.6 Å². The molecule has 1 aliphatic rings. The number of nitrogens with one attached hydrogen (secondary N) is 1. The lowest BCUT2D eigenvalue weighted by molar-refractivity contribution is -0.00834. The monoisotopic (exact) mass is 387 g/mol. The SMILES string of the molecule is CCNC(=NCc1csc(N(C)C)n1)N1CCOC(c2ccccc2C)C1. The van der Waals surface area contributed by atoms with E-state index in [1.807, 2.05) is 19.0 Å². The van der Waals surface area contributed by atoms with Crippen LogP contribution in [0.5, 0.6) is 0 Å². The number of nitrogens with zero attached hydrogens (tertiary/aromatic N) is 4. The Morgan fingerprint density at radius 3 is 2.93 bits per heavy atom. The van der Waals surface area contributed by atoms with Crippen molar-refractivity contribution in [2.45, 2.75) is 26.5 Å². The van der Waals surface area contributed by atoms with E-state index in [1.165, 1.54) is 11.1 Å². The maximum absolute atomic E-state index is 6.06. The highest BCUT2D eigenvalue weighted by atomic mass is 32.1. The average Bonchev–Trinajstić information content (AvgIpc) is 3.15. The molecule has 0 spiro atoms. The summed E-state index contributed by atoms with van der Waals surface area (Å²) < 4.78 is 6.06. The van der Waals surface area contributed by atoms with Gasteiger partial charge in [-0.25, -0.2) is 9.98 Å². The van der Waals surface area contributed by atoms with Crippen LogP contribution in [-0.2, 0) is 11.3 Å². The van der Waals surface area contributed by atoms with E-state index in [1.54, 1.807) is 11.3 Å². The predicted octanol–water partition coefficient (Wildman–Crippen LogP) is 3.06. The minimum Gasteiger partial charge on any atom is -0.370 e. The summed E-state index contributed by atoms with van der Waals surface area (Å²) in [5.41, 5.74) is 3.53. The van der Waals surface area contributed by atoms with Gasteiger partial charge in [-0.1, -0.05) is 24.3 Å². The van der Waals surface area contributed by atoms with Crippen LogP contribution in [0.4, 0.5) is 5.13 Å². The van der Waals surface area contributed by atoms with Gasteiger partial charge in [-0.15, -0.1) is 11.3 Å². The molecule has 0 aliphatic carbocycles. The van der Waals surface area contributed by atoms with Crippen LogP contribution >= 0.6 is 11.3 Å². The van der Waals surface area contributed by atoms with Crippen molar-refractivity contribution in [3.63, 3.8) is 0 Å². The molecule has 6 nitrogen and oxygen atoms in total. The topological polar surface area (TPSA) is 53.0 Å². The minimum absolute atomic E-state index is 0.0726. The first kappa shape index (κ1) is 19.6. The Morgan fingerprint density at radius 1 is 1.41 bits per heavy atom. The van der Waals surface area contributed by atoms with Gasteiger partial charge in [-0.2, -0.15) is 0 Å². The van der Waals surface area contributed by atoms with Gasteiger partial charge >= 0.3 is 0 Å². The molecule has 1 saturated heterocycles. The van der Waals surface area contributed by atoms with E-state index in [2.05, 4.69) is 58.7 Å². The molecule has 3 rings (SSSR count). The van der Waals surface area contributed by atoms with Crippen LogP contribution in [0.3, 0.4) is 0 Å². The van der Waals surface area contributed by atoms with Crippen molar-refractivity contribution in [3.05, 3.63) is 46.5 Å². The van der Waals surface area contributed by atoms with E-state index < -0.39 is 0 Å². The van der Waals surface area contributed by atoms with Gasteiger partial charge in [0.2, 0.25) is 0 Å². The standard InChI is InChI=1S/C20H29N5OS/c1-5-21-19(22-12-16-14-27-20(23-16)24(3)4)25-10-11-26-18(13-25)17-9-7-6-8-15(17)2/h6-9,14,18H,5,10-13H2,1-4H3,(H,21,22). The Hall–Kier alpha value is -2.12. The molecule has 7 heteroatoms. The number of aryl methyl sites for hydroxylation is 1. The third-order valence-corrected chi connectivity index (χ3v) is 5.61. The average molecular weight is 388 g/mol. The molecular weight excluding hydrogens is 358 g/mol. The number of rotatable bonds is 5. The molecule has 1 atom stereocenters. The van der Waals surface area contributed by atoms with Crippen LogP contribution < -0.4 is 10.2 Å². The quantitative estimate of drug-likeness (QED) is 0.631. The Bertz CT molecular complexity index is 773. The van der Waals surface area contributed by atoms with Crippen molar-refractivity contribution in [1.29, 1.82) is 0 Å². The molecule has 0 saturated carbocycles. The molecule has 1 aromatic carbocycles. The van der Waals surface area contributed by atoms with Crippen LogP contribution in [0.1, 0.15) is 29.8 Å². The highest BCUT2D eigenvalue weighted by molar-refractivity contribution is 7.13. The largest absolute Gasteiger partial charge is 0.370 e. The first-order valence-corrected chi connectivity index (χ1v) is 10.3. The summed E-state index contributed by atoms with van der Waals surface area (Å²) in [4.78, 5) is 13.8. The van der Waals surface area contributed by atoms with E-state index in [-0.39, 0.29) is 6.10 Å². The van der Waals surface area contributed by atoms with Crippen molar-refractivity contribution in [2.24, 2.45) is 4.99 Å². The van der Waals surface area contributed by atoms with E-state index in [4.69, 9.17) is 9.73 Å². The number of ether oxygens (including phenoxy) is 1. The summed E-state index contributed by atoms with van der Waals surface area (Å²) in [6, 6.07) is 8.45. The van der Waals surface area contributed by atoms with Crippen LogP contribution in [0.2, 0.25) is 0 Å². The zero-order valence-electron chi connectivity index (χ0n) is 16.6. The van der Waals surface area contributed by atoms with E-state index in [0.717, 1.165) is 36.4 Å². The third kappa shape index (κ3) is 4.99. The fraction of sp³-hybridized carbons (Fsp3) is 0.500. The van der Waals surface area contributed by atoms with Gasteiger partial charge in [0.1, 0.15) is 6.10 Å². The molecule has 27 heavy (non-hydrogen) atoms. The number of aliphatic imine (C=N–C) groups is 1. The molecule has 146 valence electrons. The van der Waals surface area contributed by atoms with Crippen molar-refractivity contribution in [1.82, 2.24) is 15.2 Å². The number of hydrogen-bond acceptors (Lipinski definition) is 5. The number of anilines is 1. The number of morpholine rings is 1. The molecule has 0 amide bonds. The lowest BCUT2D eigenvalue weighted by Crippen LogP contribution is -2.48. The summed E-state index contributed by atoms with van der Waals surface area (Å²) in [5.74, 6) is 0.929. The molecule has 1 unspecified atom stereocenters. The fourth-order valence-corrected chi connectivity index (χ4v) is 3.88. The van der Waals surface area contributed by atoms with Crippen LogP contribution in [-0.4, -0.2) is 56.2 Å². The van der Waals surface area contributed by atoms with Crippen molar-refractivity contribution >= 4 is 22.4 Å². The molecule has 1 N–H and O–H groups in total. The van der Waals surface area contributed by atoms with Gasteiger partial charge < -0.3 is 19.9 Å². The van der Waals surface area contributed by atoms with E-state index >= 15 is 0 Å². The second-order valence-electron chi connectivity index (χ2n) is 6.85. The number of thiazole rings is 1. The third-order valence-electron chi connectivity index (χ3n) is 4.55. The Labute approximate surface area is 165 Å². The molecule has 2 aromatic rings. The highest BCUT2D eigenvalue weighted by Gasteiger charge is 2.25. The van der Waals surface area contributed by atoms with Crippen molar-refractivity contribution < 1.29 is 4.74 Å². The summed E-state index contributed by atoms with van der Waals surface area (Å²) in [7, 11) is 4.02. The van der Waals surface area contributed by atoms with Gasteiger partial charge in [-0.05, 0) is 25.0 Å². The fourth-order valence-electron chi connectivity index (χ4n) is 3.13. The Kier molecular flexibility index (Phi) is 6.68. The zero-order valence-corrected chi connectivity index (χ0v) is 17.4. The molecule has 1 aliphatic heterocycles. The first-order valence-electron chi connectivity index (χ1n) is 9.40. The maximum atomic E-state index is 6.06. The maximum Gasteiger partial charge on any atom is 0.194 e. The predicted molar refractivity (Wildman–Crippen MR) is 113 cm³/mol. The number of guanidine groups is 1. The highest BCUT2D eigenvalue weighted by Crippen LogP contribution is 2.25. The zero-order chi connectivity index (χ0) is 19.2. The smallest absolute Gasteiger partial charge is 0.194 e. The second-order valence-corrected chi connectivity index (χ2v) is 7.68. The van der Waals surface area contributed by atoms with Gasteiger partial charge in [0.05, 0.1) is 25.4 Å². The Balaban J connectivity index is 1.72. The lowest BCUT2D eigenvalue weighted by atomic mass is 10.0.